The summed E-state index contributed by atoms with van der Waals surface area (Å²) in [4.78, 5) is 2.63. The molecule has 0 amide bonds. The number of rotatable bonds is 5. The summed E-state index contributed by atoms with van der Waals surface area (Å²) in [7, 11) is 0. The SMILES string of the molecule is CCC1CCCN(CCCCN)CC1. The molecule has 0 aromatic heterocycles. The van der Waals surface area contributed by atoms with Gasteiger partial charge in [0.15, 0.2) is 0 Å². The second kappa shape index (κ2) is 7.24. The van der Waals surface area contributed by atoms with Gasteiger partial charge in [-0.1, -0.05) is 13.3 Å². The fourth-order valence-corrected chi connectivity index (χ4v) is 2.34. The van der Waals surface area contributed by atoms with E-state index in [1.165, 1.54) is 58.2 Å². The molecule has 0 bridgehead atoms. The first-order valence-corrected chi connectivity index (χ1v) is 6.29. The largest absolute Gasteiger partial charge is 0.330 e. The lowest BCUT2D eigenvalue weighted by Crippen LogP contribution is -2.26. The van der Waals surface area contributed by atoms with Crippen LogP contribution in [-0.4, -0.2) is 31.1 Å². The molecule has 84 valence electrons. The first kappa shape index (κ1) is 12.0. The standard InChI is InChI=1S/C12H26N2/c1-2-12-6-5-10-14(11-7-12)9-4-3-8-13/h12H,2-11,13H2,1H3. The molecule has 14 heavy (non-hydrogen) atoms. The van der Waals surface area contributed by atoms with Gasteiger partial charge in [-0.3, -0.25) is 0 Å². The zero-order valence-corrected chi connectivity index (χ0v) is 9.67. The molecule has 0 aromatic carbocycles. The van der Waals surface area contributed by atoms with Gasteiger partial charge in [0.05, 0.1) is 0 Å². The van der Waals surface area contributed by atoms with Gasteiger partial charge < -0.3 is 10.6 Å². The molecular formula is C12H26N2. The van der Waals surface area contributed by atoms with E-state index in [2.05, 4.69) is 11.8 Å². The van der Waals surface area contributed by atoms with Gasteiger partial charge in [-0.2, -0.15) is 0 Å². The number of hydrogen-bond donors (Lipinski definition) is 1. The summed E-state index contributed by atoms with van der Waals surface area (Å²) in [5.74, 6) is 0.995. The van der Waals surface area contributed by atoms with E-state index in [-0.39, 0.29) is 0 Å². The molecule has 2 nitrogen and oxygen atoms in total. The molecule has 1 fully saturated rings. The van der Waals surface area contributed by atoms with E-state index in [0.717, 1.165) is 12.5 Å². The molecule has 0 saturated carbocycles. The van der Waals surface area contributed by atoms with Crippen LogP contribution < -0.4 is 5.73 Å². The zero-order valence-electron chi connectivity index (χ0n) is 9.67. The summed E-state index contributed by atoms with van der Waals surface area (Å²) in [5.41, 5.74) is 5.50. The third-order valence-corrected chi connectivity index (χ3v) is 3.45. The molecule has 0 radical (unpaired) electrons. The number of nitrogens with zero attached hydrogens (tertiary/aromatic N) is 1. The molecule has 1 aliphatic rings. The first-order valence-electron chi connectivity index (χ1n) is 6.29. The Morgan fingerprint density at radius 3 is 2.79 bits per heavy atom. The van der Waals surface area contributed by atoms with Gasteiger partial charge in [-0.05, 0) is 64.2 Å². The highest BCUT2D eigenvalue weighted by atomic mass is 15.1. The Hall–Kier alpha value is -0.0800. The van der Waals surface area contributed by atoms with Crippen molar-refractivity contribution in [3.63, 3.8) is 0 Å². The smallest absolute Gasteiger partial charge is 0.00161 e. The molecule has 2 heteroatoms. The van der Waals surface area contributed by atoms with E-state index in [0.29, 0.717) is 0 Å². The van der Waals surface area contributed by atoms with Crippen molar-refractivity contribution in [2.45, 2.75) is 45.4 Å². The van der Waals surface area contributed by atoms with Gasteiger partial charge in [0.2, 0.25) is 0 Å². The topological polar surface area (TPSA) is 29.3 Å². The Morgan fingerprint density at radius 2 is 2.07 bits per heavy atom. The molecule has 1 unspecified atom stereocenters. The Morgan fingerprint density at radius 1 is 1.21 bits per heavy atom. The van der Waals surface area contributed by atoms with Gasteiger partial charge in [-0.15, -0.1) is 0 Å². The van der Waals surface area contributed by atoms with Crippen molar-refractivity contribution in [1.29, 1.82) is 0 Å². The monoisotopic (exact) mass is 198 g/mol. The lowest BCUT2D eigenvalue weighted by molar-refractivity contribution is 0.275. The summed E-state index contributed by atoms with van der Waals surface area (Å²) in [6.07, 6.45) is 8.11. The Bertz CT molecular complexity index is 136. The molecule has 1 aliphatic heterocycles. The van der Waals surface area contributed by atoms with E-state index in [1.807, 2.05) is 0 Å². The van der Waals surface area contributed by atoms with Gasteiger partial charge in [0.1, 0.15) is 0 Å². The van der Waals surface area contributed by atoms with Gasteiger partial charge in [0.25, 0.3) is 0 Å². The van der Waals surface area contributed by atoms with Crippen molar-refractivity contribution in [3.05, 3.63) is 0 Å². The van der Waals surface area contributed by atoms with Crippen molar-refractivity contribution < 1.29 is 0 Å². The first-order chi connectivity index (χ1) is 6.86. The van der Waals surface area contributed by atoms with Crippen LogP contribution in [0.1, 0.15) is 45.4 Å². The minimum absolute atomic E-state index is 0.853. The fourth-order valence-electron chi connectivity index (χ4n) is 2.34. The highest BCUT2D eigenvalue weighted by Gasteiger charge is 2.14. The van der Waals surface area contributed by atoms with Crippen LogP contribution >= 0.6 is 0 Å². The van der Waals surface area contributed by atoms with Crippen LogP contribution in [0.4, 0.5) is 0 Å². The minimum atomic E-state index is 0.853. The maximum Gasteiger partial charge on any atom is -0.00161 e. The van der Waals surface area contributed by atoms with Gasteiger partial charge in [0, 0.05) is 0 Å². The van der Waals surface area contributed by atoms with Crippen LogP contribution in [-0.2, 0) is 0 Å². The van der Waals surface area contributed by atoms with Gasteiger partial charge >= 0.3 is 0 Å². The number of unbranched alkanes of at least 4 members (excludes halogenated alkanes) is 1. The maximum atomic E-state index is 5.50. The minimum Gasteiger partial charge on any atom is -0.330 e. The van der Waals surface area contributed by atoms with E-state index in [9.17, 15) is 0 Å². The zero-order chi connectivity index (χ0) is 10.2. The maximum absolute atomic E-state index is 5.50. The molecule has 1 saturated heterocycles. The third kappa shape index (κ3) is 4.43. The Kier molecular flexibility index (Phi) is 6.20. The number of likely N-dealkylation sites (tertiary alicyclic amines) is 1. The predicted molar refractivity (Wildman–Crippen MR) is 62.4 cm³/mol. The van der Waals surface area contributed by atoms with Crippen LogP contribution in [0, 0.1) is 5.92 Å². The van der Waals surface area contributed by atoms with Gasteiger partial charge in [-0.25, -0.2) is 0 Å². The highest BCUT2D eigenvalue weighted by Crippen LogP contribution is 2.20. The summed E-state index contributed by atoms with van der Waals surface area (Å²) in [6, 6.07) is 0. The molecule has 0 aliphatic carbocycles. The lowest BCUT2D eigenvalue weighted by Gasteiger charge is -2.19. The Labute approximate surface area is 88.8 Å². The van der Waals surface area contributed by atoms with Crippen molar-refractivity contribution in [1.82, 2.24) is 4.90 Å². The predicted octanol–water partition coefficient (Wildman–Crippen LogP) is 2.24. The van der Waals surface area contributed by atoms with Crippen molar-refractivity contribution in [2.75, 3.05) is 26.2 Å². The molecule has 0 aromatic rings. The average Bonchev–Trinajstić information content (AvgIpc) is 2.43. The van der Waals surface area contributed by atoms with Crippen molar-refractivity contribution >= 4 is 0 Å². The number of hydrogen-bond acceptors (Lipinski definition) is 2. The summed E-state index contributed by atoms with van der Waals surface area (Å²) in [5, 5.41) is 0. The molecule has 1 atom stereocenters. The van der Waals surface area contributed by atoms with Crippen LogP contribution in [0.25, 0.3) is 0 Å². The number of nitrogens with two attached hydrogens (primary N) is 1. The van der Waals surface area contributed by atoms with Crippen LogP contribution in [0.15, 0.2) is 0 Å². The summed E-state index contributed by atoms with van der Waals surface area (Å²) < 4.78 is 0. The van der Waals surface area contributed by atoms with E-state index < -0.39 is 0 Å². The van der Waals surface area contributed by atoms with Crippen LogP contribution in [0.2, 0.25) is 0 Å². The second-order valence-electron chi connectivity index (χ2n) is 4.54. The molecule has 0 spiro atoms. The van der Waals surface area contributed by atoms with Crippen LogP contribution in [0.3, 0.4) is 0 Å². The molecule has 1 heterocycles. The molecule has 2 N–H and O–H groups in total. The van der Waals surface area contributed by atoms with E-state index in [4.69, 9.17) is 5.73 Å². The fraction of sp³-hybridized carbons (Fsp3) is 1.00. The van der Waals surface area contributed by atoms with Crippen molar-refractivity contribution in [2.24, 2.45) is 11.7 Å². The lowest BCUT2D eigenvalue weighted by atomic mass is 9.98. The summed E-state index contributed by atoms with van der Waals surface area (Å²) >= 11 is 0. The molecule has 1 rings (SSSR count). The summed E-state index contributed by atoms with van der Waals surface area (Å²) in [6.45, 7) is 7.10. The molecular weight excluding hydrogens is 172 g/mol. The van der Waals surface area contributed by atoms with Crippen molar-refractivity contribution in [3.8, 4) is 0 Å². The normalized spacial score (nSPS) is 24.9. The third-order valence-electron chi connectivity index (χ3n) is 3.45. The highest BCUT2D eigenvalue weighted by molar-refractivity contribution is 4.69. The second-order valence-corrected chi connectivity index (χ2v) is 4.54. The average molecular weight is 198 g/mol. The Balaban J connectivity index is 2.14. The quantitative estimate of drug-likeness (QED) is 0.686. The van der Waals surface area contributed by atoms with E-state index >= 15 is 0 Å². The van der Waals surface area contributed by atoms with Crippen LogP contribution in [0.5, 0.6) is 0 Å². The van der Waals surface area contributed by atoms with E-state index in [1.54, 1.807) is 0 Å².